The zero-order chi connectivity index (χ0) is 19.9. The molecule has 1 aliphatic heterocycles. The lowest BCUT2D eigenvalue weighted by molar-refractivity contribution is -0.150. The van der Waals surface area contributed by atoms with E-state index < -0.39 is 0 Å². The van der Waals surface area contributed by atoms with Crippen LogP contribution in [0.25, 0.3) is 0 Å². The molecular formula is C20H28N6O2. The Kier molecular flexibility index (Phi) is 6.76. The number of aryl methyl sites for hydroxylation is 1. The van der Waals surface area contributed by atoms with Crippen molar-refractivity contribution in [2.45, 2.75) is 39.7 Å². The molecule has 1 aromatic heterocycles. The van der Waals surface area contributed by atoms with Crippen molar-refractivity contribution in [3.05, 3.63) is 35.7 Å². The third-order valence-electron chi connectivity index (χ3n) is 4.83. The number of nitrogens with one attached hydrogen (secondary N) is 1. The monoisotopic (exact) mass is 384 g/mol. The van der Waals surface area contributed by atoms with Crippen LogP contribution in [0.2, 0.25) is 0 Å². The van der Waals surface area contributed by atoms with Crippen LogP contribution >= 0.6 is 0 Å². The first-order chi connectivity index (χ1) is 13.6. The third kappa shape index (κ3) is 5.16. The van der Waals surface area contributed by atoms with Crippen LogP contribution in [-0.2, 0) is 22.5 Å². The number of nitrogens with two attached hydrogens (primary N) is 1. The van der Waals surface area contributed by atoms with E-state index >= 15 is 0 Å². The molecule has 28 heavy (non-hydrogen) atoms. The molecule has 8 heteroatoms. The summed E-state index contributed by atoms with van der Waals surface area (Å²) in [7, 11) is 0. The quantitative estimate of drug-likeness (QED) is 0.702. The van der Waals surface area contributed by atoms with Crippen LogP contribution in [0, 0.1) is 5.92 Å². The van der Waals surface area contributed by atoms with Gasteiger partial charge >= 0.3 is 5.97 Å². The fourth-order valence-corrected chi connectivity index (χ4v) is 3.49. The maximum absolute atomic E-state index is 12.0. The van der Waals surface area contributed by atoms with Gasteiger partial charge in [-0.15, -0.1) is 0 Å². The van der Waals surface area contributed by atoms with E-state index in [0.29, 0.717) is 31.5 Å². The van der Waals surface area contributed by atoms with E-state index in [0.717, 1.165) is 31.5 Å². The number of hydrogen-bond donors (Lipinski definition) is 2. The highest BCUT2D eigenvalue weighted by Gasteiger charge is 2.27. The average Bonchev–Trinajstić information content (AvgIpc) is 2.68. The molecule has 0 spiro atoms. The minimum Gasteiger partial charge on any atom is -0.466 e. The SMILES string of the molecule is CCOC(=O)C1CCCN(Cc2nc(N)nc(Nc3ccccc3CC)n2)C1. The molecule has 2 aromatic rings. The number of para-hydroxylation sites is 1. The summed E-state index contributed by atoms with van der Waals surface area (Å²) in [6, 6.07) is 8.04. The molecular weight excluding hydrogens is 356 g/mol. The molecule has 1 saturated heterocycles. The fraction of sp³-hybridized carbons (Fsp3) is 0.500. The molecule has 3 rings (SSSR count). The molecule has 0 aliphatic carbocycles. The summed E-state index contributed by atoms with van der Waals surface area (Å²) >= 11 is 0. The van der Waals surface area contributed by atoms with Gasteiger partial charge < -0.3 is 15.8 Å². The van der Waals surface area contributed by atoms with E-state index in [-0.39, 0.29) is 17.8 Å². The molecule has 8 nitrogen and oxygen atoms in total. The number of nitrogen functional groups attached to an aromatic ring is 1. The molecule has 150 valence electrons. The number of esters is 1. The smallest absolute Gasteiger partial charge is 0.310 e. The number of carbonyl (C=O) groups is 1. The van der Waals surface area contributed by atoms with Gasteiger partial charge in [0.05, 0.1) is 19.1 Å². The van der Waals surface area contributed by atoms with Gasteiger partial charge in [0.15, 0.2) is 0 Å². The number of hydrogen-bond acceptors (Lipinski definition) is 8. The second kappa shape index (κ2) is 9.45. The summed E-state index contributed by atoms with van der Waals surface area (Å²) in [4.78, 5) is 27.2. The Bertz CT molecular complexity index is 813. The normalized spacial score (nSPS) is 17.3. The number of piperidine rings is 1. The van der Waals surface area contributed by atoms with Crippen LogP contribution in [0.3, 0.4) is 0 Å². The zero-order valence-electron chi connectivity index (χ0n) is 16.5. The third-order valence-corrected chi connectivity index (χ3v) is 4.83. The Morgan fingerprint density at radius 2 is 2.11 bits per heavy atom. The van der Waals surface area contributed by atoms with Crippen LogP contribution in [0.4, 0.5) is 17.6 Å². The maximum Gasteiger partial charge on any atom is 0.310 e. The lowest BCUT2D eigenvalue weighted by Crippen LogP contribution is -2.39. The summed E-state index contributed by atoms with van der Waals surface area (Å²) in [5, 5.41) is 3.25. The van der Waals surface area contributed by atoms with Crippen molar-refractivity contribution in [3.63, 3.8) is 0 Å². The van der Waals surface area contributed by atoms with Gasteiger partial charge in [-0.25, -0.2) is 0 Å². The highest BCUT2D eigenvalue weighted by molar-refractivity contribution is 5.72. The number of anilines is 3. The van der Waals surface area contributed by atoms with Gasteiger partial charge in [0, 0.05) is 12.2 Å². The molecule has 1 atom stereocenters. The summed E-state index contributed by atoms with van der Waals surface area (Å²) in [5.41, 5.74) is 8.05. The Morgan fingerprint density at radius 1 is 1.29 bits per heavy atom. The topological polar surface area (TPSA) is 106 Å². The predicted molar refractivity (Wildman–Crippen MR) is 108 cm³/mol. The first-order valence-electron chi connectivity index (χ1n) is 9.83. The van der Waals surface area contributed by atoms with Crippen molar-refractivity contribution in [1.82, 2.24) is 19.9 Å². The van der Waals surface area contributed by atoms with Gasteiger partial charge in [0.2, 0.25) is 11.9 Å². The number of nitrogens with zero attached hydrogens (tertiary/aromatic N) is 4. The van der Waals surface area contributed by atoms with Gasteiger partial charge in [0.25, 0.3) is 0 Å². The summed E-state index contributed by atoms with van der Waals surface area (Å²) in [5.74, 6) is 0.985. The van der Waals surface area contributed by atoms with Crippen molar-refractivity contribution in [2.24, 2.45) is 5.92 Å². The van der Waals surface area contributed by atoms with E-state index in [1.807, 2.05) is 25.1 Å². The van der Waals surface area contributed by atoms with Crippen molar-refractivity contribution in [3.8, 4) is 0 Å². The molecule has 0 radical (unpaired) electrons. The molecule has 1 unspecified atom stereocenters. The Balaban J connectivity index is 1.70. The summed E-state index contributed by atoms with van der Waals surface area (Å²) < 4.78 is 5.17. The summed E-state index contributed by atoms with van der Waals surface area (Å²) in [6.45, 7) is 6.40. The van der Waals surface area contributed by atoms with E-state index in [4.69, 9.17) is 10.5 Å². The average molecular weight is 384 g/mol. The Morgan fingerprint density at radius 3 is 2.89 bits per heavy atom. The van der Waals surface area contributed by atoms with E-state index in [1.54, 1.807) is 0 Å². The number of likely N-dealkylation sites (tertiary alicyclic amines) is 1. The highest BCUT2D eigenvalue weighted by atomic mass is 16.5. The van der Waals surface area contributed by atoms with Crippen molar-refractivity contribution in [1.29, 1.82) is 0 Å². The molecule has 1 fully saturated rings. The van der Waals surface area contributed by atoms with Crippen molar-refractivity contribution in [2.75, 3.05) is 30.7 Å². The molecule has 1 aliphatic rings. The first kappa shape index (κ1) is 20.0. The fourth-order valence-electron chi connectivity index (χ4n) is 3.49. The molecule has 3 N–H and O–H groups in total. The highest BCUT2D eigenvalue weighted by Crippen LogP contribution is 2.21. The minimum absolute atomic E-state index is 0.0955. The van der Waals surface area contributed by atoms with Crippen LogP contribution in [0.15, 0.2) is 24.3 Å². The molecule has 0 saturated carbocycles. The lowest BCUT2D eigenvalue weighted by Gasteiger charge is -2.30. The first-order valence-corrected chi connectivity index (χ1v) is 9.83. The number of rotatable bonds is 7. The van der Waals surface area contributed by atoms with Crippen LogP contribution in [0.5, 0.6) is 0 Å². The minimum atomic E-state index is -0.124. The Hall–Kier alpha value is -2.74. The molecule has 0 amide bonds. The number of benzene rings is 1. The van der Waals surface area contributed by atoms with E-state index in [2.05, 4.69) is 38.2 Å². The second-order valence-corrected chi connectivity index (χ2v) is 6.90. The van der Waals surface area contributed by atoms with Crippen LogP contribution in [-0.4, -0.2) is 45.5 Å². The second-order valence-electron chi connectivity index (χ2n) is 6.90. The van der Waals surface area contributed by atoms with E-state index in [1.165, 1.54) is 5.56 Å². The van der Waals surface area contributed by atoms with E-state index in [9.17, 15) is 4.79 Å². The van der Waals surface area contributed by atoms with Gasteiger partial charge in [-0.1, -0.05) is 25.1 Å². The largest absolute Gasteiger partial charge is 0.466 e. The standard InChI is InChI=1S/C20H28N6O2/c1-3-14-8-5-6-10-16(14)22-20-24-17(23-19(21)25-20)13-26-11-7-9-15(12-26)18(27)28-4-2/h5-6,8,10,15H,3-4,7,9,11-13H2,1-2H3,(H3,21,22,23,24,25). The summed E-state index contributed by atoms with van der Waals surface area (Å²) in [6.07, 6.45) is 2.70. The number of carbonyl (C=O) groups excluding carboxylic acids is 1. The van der Waals surface area contributed by atoms with Crippen molar-refractivity contribution >= 4 is 23.6 Å². The van der Waals surface area contributed by atoms with Gasteiger partial charge in [-0.05, 0) is 44.4 Å². The van der Waals surface area contributed by atoms with Crippen LogP contribution in [0.1, 0.15) is 38.1 Å². The van der Waals surface area contributed by atoms with Crippen molar-refractivity contribution < 1.29 is 9.53 Å². The van der Waals surface area contributed by atoms with Crippen LogP contribution < -0.4 is 11.1 Å². The molecule has 0 bridgehead atoms. The molecule has 1 aromatic carbocycles. The zero-order valence-corrected chi connectivity index (χ0v) is 16.5. The lowest BCUT2D eigenvalue weighted by atomic mass is 9.98. The number of aromatic nitrogens is 3. The maximum atomic E-state index is 12.0. The Labute approximate surface area is 165 Å². The van der Waals surface area contributed by atoms with Gasteiger partial charge in [-0.2, -0.15) is 15.0 Å². The van der Waals surface area contributed by atoms with Gasteiger partial charge in [-0.3, -0.25) is 9.69 Å². The number of ether oxygens (including phenoxy) is 1. The van der Waals surface area contributed by atoms with Gasteiger partial charge in [0.1, 0.15) is 5.82 Å². The molecule has 2 heterocycles. The predicted octanol–water partition coefficient (Wildman–Crippen LogP) is 2.53.